The average molecular weight is 516 g/mol. The summed E-state index contributed by atoms with van der Waals surface area (Å²) in [6.45, 7) is 6.92. The van der Waals surface area contributed by atoms with Crippen molar-refractivity contribution in [2.45, 2.75) is 45.1 Å². The summed E-state index contributed by atoms with van der Waals surface area (Å²) in [5, 5.41) is 16.5. The van der Waals surface area contributed by atoms with E-state index in [9.17, 15) is 5.11 Å². The Hall–Kier alpha value is -1.06. The van der Waals surface area contributed by atoms with Gasteiger partial charge in [-0.1, -0.05) is 18.6 Å². The molecule has 7 heteroatoms. The van der Waals surface area contributed by atoms with Crippen molar-refractivity contribution < 1.29 is 9.84 Å². The Morgan fingerprint density at radius 1 is 1.17 bits per heavy atom. The fourth-order valence-electron chi connectivity index (χ4n) is 3.84. The summed E-state index contributed by atoms with van der Waals surface area (Å²) in [4.78, 5) is 7.33. The second kappa shape index (κ2) is 12.0. The molecule has 0 spiro atoms. The number of ether oxygens (including phenoxy) is 1. The summed E-state index contributed by atoms with van der Waals surface area (Å²) in [6, 6.07) is 8.75. The van der Waals surface area contributed by atoms with Crippen LogP contribution in [0.15, 0.2) is 29.3 Å². The summed E-state index contributed by atoms with van der Waals surface area (Å²) in [5.41, 5.74) is 1.34. The molecule has 2 aliphatic rings. The average Bonchev–Trinajstić information content (AvgIpc) is 3.54. The van der Waals surface area contributed by atoms with E-state index in [2.05, 4.69) is 34.6 Å². The van der Waals surface area contributed by atoms with Crippen LogP contribution < -0.4 is 15.4 Å². The Balaban J connectivity index is 0.00000300. The van der Waals surface area contributed by atoms with Gasteiger partial charge in [0.05, 0.1) is 26.3 Å². The molecule has 1 aromatic rings. The first kappa shape index (κ1) is 24.2. The smallest absolute Gasteiger partial charge is 0.191 e. The van der Waals surface area contributed by atoms with Crippen molar-refractivity contribution >= 4 is 29.9 Å². The predicted octanol–water partition coefficient (Wildman–Crippen LogP) is 3.17. The quantitative estimate of drug-likeness (QED) is 0.267. The standard InChI is InChI=1S/C22H36N4O2.HI/c1-3-23-21(25-16-22(17-27)11-12-22)24-15-20(26-13-5-4-6-14-26)18-7-9-19(28-2)10-8-18;/h7-10,20,27H,3-6,11-17H2,1-2H3,(H2,23,24,25);1H. The first-order chi connectivity index (χ1) is 13.7. The lowest BCUT2D eigenvalue weighted by Gasteiger charge is -2.35. The van der Waals surface area contributed by atoms with Crippen molar-refractivity contribution in [2.75, 3.05) is 46.4 Å². The molecule has 1 unspecified atom stereocenters. The number of hydrogen-bond donors (Lipinski definition) is 3. The van der Waals surface area contributed by atoms with Crippen molar-refractivity contribution in [1.82, 2.24) is 15.5 Å². The van der Waals surface area contributed by atoms with Gasteiger partial charge in [-0.3, -0.25) is 9.89 Å². The number of nitrogens with zero attached hydrogens (tertiary/aromatic N) is 2. The van der Waals surface area contributed by atoms with Crippen molar-refractivity contribution in [3.63, 3.8) is 0 Å². The molecule has 1 saturated heterocycles. The summed E-state index contributed by atoms with van der Waals surface area (Å²) in [6.07, 6.45) is 6.01. The highest BCUT2D eigenvalue weighted by Gasteiger charge is 2.41. The zero-order valence-electron chi connectivity index (χ0n) is 17.8. The minimum atomic E-state index is 0. The van der Waals surface area contributed by atoms with E-state index >= 15 is 0 Å². The van der Waals surface area contributed by atoms with Crippen LogP contribution in [0.4, 0.5) is 0 Å². The van der Waals surface area contributed by atoms with Crippen LogP contribution in [0.5, 0.6) is 5.75 Å². The molecule has 1 saturated carbocycles. The second-order valence-corrected chi connectivity index (χ2v) is 8.12. The van der Waals surface area contributed by atoms with Gasteiger partial charge in [0, 0.05) is 18.5 Å². The van der Waals surface area contributed by atoms with Gasteiger partial charge in [-0.25, -0.2) is 0 Å². The number of piperidine rings is 1. The molecule has 0 amide bonds. The largest absolute Gasteiger partial charge is 0.497 e. The number of aliphatic hydroxyl groups is 1. The molecule has 1 aliphatic heterocycles. The number of likely N-dealkylation sites (tertiary alicyclic amines) is 1. The third-order valence-corrected chi connectivity index (χ3v) is 6.00. The van der Waals surface area contributed by atoms with Gasteiger partial charge < -0.3 is 20.5 Å². The molecule has 0 bridgehead atoms. The van der Waals surface area contributed by atoms with E-state index in [1.807, 2.05) is 12.1 Å². The lowest BCUT2D eigenvalue weighted by molar-refractivity contribution is 0.164. The topological polar surface area (TPSA) is 69.1 Å². The van der Waals surface area contributed by atoms with Crippen molar-refractivity contribution in [3.05, 3.63) is 29.8 Å². The van der Waals surface area contributed by atoms with Gasteiger partial charge in [0.1, 0.15) is 5.75 Å². The number of halogens is 1. The SMILES string of the molecule is CCNC(=NCC1(CO)CC1)NCC(c1ccc(OC)cc1)N1CCCCC1.I. The number of guanidine groups is 1. The number of aliphatic hydroxyl groups excluding tert-OH is 1. The van der Waals surface area contributed by atoms with Gasteiger partial charge in [0.2, 0.25) is 0 Å². The summed E-state index contributed by atoms with van der Waals surface area (Å²) in [7, 11) is 1.71. The Bertz CT molecular complexity index is 628. The third kappa shape index (κ3) is 7.00. The Labute approximate surface area is 192 Å². The lowest BCUT2D eigenvalue weighted by Crippen LogP contribution is -2.44. The minimum Gasteiger partial charge on any atom is -0.497 e. The number of benzene rings is 1. The molecule has 2 fully saturated rings. The molecule has 3 rings (SSSR count). The van der Waals surface area contributed by atoms with E-state index in [1.54, 1.807) is 7.11 Å². The zero-order chi connectivity index (χ0) is 19.8. The molecule has 1 atom stereocenters. The maximum atomic E-state index is 9.55. The van der Waals surface area contributed by atoms with E-state index in [0.717, 1.165) is 50.7 Å². The number of methoxy groups -OCH3 is 1. The molecule has 1 aromatic carbocycles. The molecule has 29 heavy (non-hydrogen) atoms. The van der Waals surface area contributed by atoms with Gasteiger partial charge in [-0.05, 0) is 63.4 Å². The third-order valence-electron chi connectivity index (χ3n) is 6.00. The van der Waals surface area contributed by atoms with Gasteiger partial charge in [-0.2, -0.15) is 0 Å². The van der Waals surface area contributed by atoms with Crippen LogP contribution in [0.25, 0.3) is 0 Å². The number of nitrogens with one attached hydrogen (secondary N) is 2. The van der Waals surface area contributed by atoms with Crippen molar-refractivity contribution in [2.24, 2.45) is 10.4 Å². The molecule has 6 nitrogen and oxygen atoms in total. The van der Waals surface area contributed by atoms with E-state index in [1.165, 1.54) is 24.8 Å². The highest BCUT2D eigenvalue weighted by molar-refractivity contribution is 14.0. The van der Waals surface area contributed by atoms with Gasteiger partial charge in [0.25, 0.3) is 0 Å². The monoisotopic (exact) mass is 516 g/mol. The fourth-order valence-corrected chi connectivity index (χ4v) is 3.84. The molecular weight excluding hydrogens is 479 g/mol. The molecule has 164 valence electrons. The van der Waals surface area contributed by atoms with E-state index < -0.39 is 0 Å². The Kier molecular flexibility index (Phi) is 9.98. The first-order valence-corrected chi connectivity index (χ1v) is 10.7. The Morgan fingerprint density at radius 2 is 1.86 bits per heavy atom. The maximum absolute atomic E-state index is 9.55. The summed E-state index contributed by atoms with van der Waals surface area (Å²) < 4.78 is 5.33. The molecule has 3 N–H and O–H groups in total. The highest BCUT2D eigenvalue weighted by Crippen LogP contribution is 2.45. The lowest BCUT2D eigenvalue weighted by atomic mass is 10.0. The van der Waals surface area contributed by atoms with Gasteiger partial charge in [0.15, 0.2) is 5.96 Å². The van der Waals surface area contributed by atoms with Crippen LogP contribution in [0.1, 0.15) is 50.6 Å². The van der Waals surface area contributed by atoms with Crippen LogP contribution in [0.3, 0.4) is 0 Å². The summed E-state index contributed by atoms with van der Waals surface area (Å²) in [5.74, 6) is 1.74. The first-order valence-electron chi connectivity index (χ1n) is 10.7. The van der Waals surface area contributed by atoms with Gasteiger partial charge in [-0.15, -0.1) is 24.0 Å². The molecule has 0 aromatic heterocycles. The summed E-state index contributed by atoms with van der Waals surface area (Å²) >= 11 is 0. The van der Waals surface area contributed by atoms with Gasteiger partial charge >= 0.3 is 0 Å². The second-order valence-electron chi connectivity index (χ2n) is 8.12. The molecule has 1 aliphatic carbocycles. The van der Waals surface area contributed by atoms with Crippen LogP contribution in [0.2, 0.25) is 0 Å². The Morgan fingerprint density at radius 3 is 2.41 bits per heavy atom. The number of hydrogen-bond acceptors (Lipinski definition) is 4. The number of aliphatic imine (C=N–C) groups is 1. The number of rotatable bonds is 9. The molecular formula is C22H37IN4O2. The highest BCUT2D eigenvalue weighted by atomic mass is 127. The van der Waals surface area contributed by atoms with Crippen LogP contribution in [0, 0.1) is 5.41 Å². The van der Waals surface area contributed by atoms with E-state index in [4.69, 9.17) is 9.73 Å². The zero-order valence-corrected chi connectivity index (χ0v) is 20.2. The maximum Gasteiger partial charge on any atom is 0.191 e. The van der Waals surface area contributed by atoms with Crippen molar-refractivity contribution in [1.29, 1.82) is 0 Å². The fraction of sp³-hybridized carbons (Fsp3) is 0.682. The van der Waals surface area contributed by atoms with E-state index in [-0.39, 0.29) is 36.0 Å². The predicted molar refractivity (Wildman–Crippen MR) is 129 cm³/mol. The van der Waals surface area contributed by atoms with Crippen molar-refractivity contribution in [3.8, 4) is 5.75 Å². The van der Waals surface area contributed by atoms with Crippen LogP contribution in [-0.4, -0.2) is 62.4 Å². The van der Waals surface area contributed by atoms with Crippen LogP contribution in [-0.2, 0) is 0 Å². The van der Waals surface area contributed by atoms with E-state index in [0.29, 0.717) is 12.6 Å². The van der Waals surface area contributed by atoms with Crippen LogP contribution >= 0.6 is 24.0 Å². The minimum absolute atomic E-state index is 0. The molecule has 1 heterocycles. The normalized spacial score (nSPS) is 19.8. The molecule has 0 radical (unpaired) electrons.